The van der Waals surface area contributed by atoms with E-state index in [-0.39, 0.29) is 23.4 Å². The van der Waals surface area contributed by atoms with E-state index in [2.05, 4.69) is 4.72 Å². The van der Waals surface area contributed by atoms with Gasteiger partial charge >= 0.3 is 5.97 Å². The van der Waals surface area contributed by atoms with Crippen LogP contribution in [-0.2, 0) is 14.8 Å². The van der Waals surface area contributed by atoms with E-state index in [1.165, 1.54) is 19.1 Å². The van der Waals surface area contributed by atoms with Crippen LogP contribution >= 0.6 is 0 Å². The number of nitrogens with zero attached hydrogens (tertiary/aromatic N) is 1. The minimum Gasteiger partial charge on any atom is -0.480 e. The number of nitro benzene ring substituents is 1. The molecule has 1 aromatic carbocycles. The average molecular weight is 314 g/mol. The normalized spacial score (nSPS) is 17.0. The number of hydrogen-bond acceptors (Lipinski definition) is 5. The smallest absolute Gasteiger partial charge is 0.324 e. The lowest BCUT2D eigenvalue weighted by Crippen LogP contribution is -2.58. The number of carboxylic acids is 1. The van der Waals surface area contributed by atoms with Gasteiger partial charge in [0.1, 0.15) is 5.54 Å². The van der Waals surface area contributed by atoms with Crippen molar-refractivity contribution in [3.05, 3.63) is 33.9 Å². The van der Waals surface area contributed by atoms with Gasteiger partial charge in [0.2, 0.25) is 10.0 Å². The number of aryl methyl sites for hydroxylation is 1. The van der Waals surface area contributed by atoms with E-state index in [0.717, 1.165) is 6.07 Å². The lowest BCUT2D eigenvalue weighted by molar-refractivity contribution is -0.385. The predicted octanol–water partition coefficient (Wildman–Crippen LogP) is 1.19. The third kappa shape index (κ3) is 2.74. The number of carboxylic acid groups (broad SMARTS) is 1. The fourth-order valence-electron chi connectivity index (χ4n) is 2.19. The SMILES string of the molecule is Cc1ccc([N+](=O)[O-])cc1S(=O)(=O)NC1(C(=O)O)CCC1. The molecule has 2 rings (SSSR count). The van der Waals surface area contributed by atoms with Crippen LogP contribution in [0.1, 0.15) is 24.8 Å². The predicted molar refractivity (Wildman–Crippen MR) is 72.4 cm³/mol. The Hall–Kier alpha value is -2.00. The Kier molecular flexibility index (Phi) is 3.72. The van der Waals surface area contributed by atoms with E-state index in [1.54, 1.807) is 0 Å². The molecule has 0 bridgehead atoms. The van der Waals surface area contributed by atoms with Crippen LogP contribution in [0.25, 0.3) is 0 Å². The molecule has 9 heteroatoms. The molecule has 114 valence electrons. The molecule has 1 aliphatic carbocycles. The lowest BCUT2D eigenvalue weighted by Gasteiger charge is -2.37. The molecular weight excluding hydrogens is 300 g/mol. The average Bonchev–Trinajstić information content (AvgIpc) is 2.33. The Morgan fingerprint density at radius 1 is 1.43 bits per heavy atom. The van der Waals surface area contributed by atoms with Gasteiger partial charge in [-0.3, -0.25) is 14.9 Å². The quantitative estimate of drug-likeness (QED) is 0.621. The van der Waals surface area contributed by atoms with Crippen molar-refractivity contribution in [1.29, 1.82) is 0 Å². The summed E-state index contributed by atoms with van der Waals surface area (Å²) in [6.07, 6.45) is 1.02. The zero-order valence-corrected chi connectivity index (χ0v) is 12.0. The molecule has 0 unspecified atom stereocenters. The van der Waals surface area contributed by atoms with Crippen molar-refractivity contribution in [3.8, 4) is 0 Å². The number of carbonyl (C=O) groups is 1. The van der Waals surface area contributed by atoms with E-state index in [9.17, 15) is 28.4 Å². The number of benzene rings is 1. The van der Waals surface area contributed by atoms with Crippen molar-refractivity contribution in [1.82, 2.24) is 4.72 Å². The second kappa shape index (κ2) is 5.08. The maximum atomic E-state index is 12.3. The van der Waals surface area contributed by atoms with Gasteiger partial charge in [0.25, 0.3) is 5.69 Å². The van der Waals surface area contributed by atoms with Crippen LogP contribution in [0.5, 0.6) is 0 Å². The molecule has 0 aromatic heterocycles. The Labute approximate surface area is 121 Å². The molecule has 0 aliphatic heterocycles. The van der Waals surface area contributed by atoms with Crippen LogP contribution in [0.2, 0.25) is 0 Å². The molecule has 2 N–H and O–H groups in total. The molecule has 1 aliphatic rings. The van der Waals surface area contributed by atoms with Gasteiger partial charge in [-0.2, -0.15) is 4.72 Å². The number of sulfonamides is 1. The van der Waals surface area contributed by atoms with Crippen molar-refractivity contribution < 1.29 is 23.2 Å². The number of non-ortho nitro benzene ring substituents is 1. The summed E-state index contributed by atoms with van der Waals surface area (Å²) < 4.78 is 26.9. The fraction of sp³-hybridized carbons (Fsp3) is 0.417. The molecule has 21 heavy (non-hydrogen) atoms. The summed E-state index contributed by atoms with van der Waals surface area (Å²) in [5, 5.41) is 19.9. The van der Waals surface area contributed by atoms with Gasteiger partial charge in [-0.05, 0) is 31.7 Å². The first kappa shape index (κ1) is 15.4. The summed E-state index contributed by atoms with van der Waals surface area (Å²) in [6.45, 7) is 1.49. The largest absolute Gasteiger partial charge is 0.480 e. The molecule has 1 saturated carbocycles. The van der Waals surface area contributed by atoms with Gasteiger partial charge in [-0.25, -0.2) is 8.42 Å². The summed E-state index contributed by atoms with van der Waals surface area (Å²) in [4.78, 5) is 21.0. The maximum Gasteiger partial charge on any atom is 0.324 e. The first-order valence-corrected chi connectivity index (χ1v) is 7.69. The van der Waals surface area contributed by atoms with E-state index < -0.39 is 26.5 Å². The number of nitro groups is 1. The second-order valence-electron chi connectivity index (χ2n) is 5.05. The van der Waals surface area contributed by atoms with Gasteiger partial charge in [0, 0.05) is 12.1 Å². The van der Waals surface area contributed by atoms with Gasteiger partial charge < -0.3 is 5.11 Å². The zero-order valence-electron chi connectivity index (χ0n) is 11.2. The van der Waals surface area contributed by atoms with E-state index in [0.29, 0.717) is 12.0 Å². The van der Waals surface area contributed by atoms with Crippen molar-refractivity contribution >= 4 is 21.7 Å². The van der Waals surface area contributed by atoms with E-state index >= 15 is 0 Å². The van der Waals surface area contributed by atoms with Gasteiger partial charge in [0.05, 0.1) is 9.82 Å². The highest BCUT2D eigenvalue weighted by atomic mass is 32.2. The molecular formula is C12H14N2O6S. The van der Waals surface area contributed by atoms with Gasteiger partial charge in [-0.15, -0.1) is 0 Å². The highest BCUT2D eigenvalue weighted by Gasteiger charge is 2.47. The number of hydrogen-bond donors (Lipinski definition) is 2. The van der Waals surface area contributed by atoms with E-state index in [1.807, 2.05) is 0 Å². The number of nitrogens with one attached hydrogen (secondary N) is 1. The third-order valence-electron chi connectivity index (χ3n) is 3.62. The van der Waals surface area contributed by atoms with Crippen LogP contribution in [0, 0.1) is 17.0 Å². The zero-order chi connectivity index (χ0) is 15.8. The standard InChI is InChI=1S/C12H14N2O6S/c1-8-3-4-9(14(17)18)7-10(8)21(19,20)13-12(11(15)16)5-2-6-12/h3-4,7,13H,2,5-6H2,1H3,(H,15,16). The van der Waals surface area contributed by atoms with Crippen LogP contribution in [0.3, 0.4) is 0 Å². The fourth-order valence-corrected chi connectivity index (χ4v) is 3.88. The molecule has 1 aromatic rings. The molecule has 1 fully saturated rings. The van der Waals surface area contributed by atoms with Crippen molar-refractivity contribution in [2.24, 2.45) is 0 Å². The highest BCUT2D eigenvalue weighted by molar-refractivity contribution is 7.89. The Morgan fingerprint density at radius 2 is 2.05 bits per heavy atom. The molecule has 0 amide bonds. The monoisotopic (exact) mass is 314 g/mol. The topological polar surface area (TPSA) is 127 Å². The molecule has 0 spiro atoms. The second-order valence-corrected chi connectivity index (χ2v) is 6.70. The first-order chi connectivity index (χ1) is 9.68. The Morgan fingerprint density at radius 3 is 2.48 bits per heavy atom. The summed E-state index contributed by atoms with van der Waals surface area (Å²) >= 11 is 0. The third-order valence-corrected chi connectivity index (χ3v) is 5.30. The minimum atomic E-state index is -4.15. The molecule has 0 radical (unpaired) electrons. The van der Waals surface area contributed by atoms with Crippen LogP contribution in [0.4, 0.5) is 5.69 Å². The molecule has 0 atom stereocenters. The summed E-state index contributed by atoms with van der Waals surface area (Å²) in [7, 11) is -4.15. The Balaban J connectivity index is 2.42. The van der Waals surface area contributed by atoms with Crippen molar-refractivity contribution in [2.45, 2.75) is 36.6 Å². The minimum absolute atomic E-state index is 0.204. The van der Waals surface area contributed by atoms with Crippen molar-refractivity contribution in [2.75, 3.05) is 0 Å². The maximum absolute atomic E-state index is 12.3. The summed E-state index contributed by atoms with van der Waals surface area (Å²) in [5.74, 6) is -1.24. The summed E-state index contributed by atoms with van der Waals surface area (Å²) in [6, 6.07) is 3.46. The Bertz CT molecular complexity index is 708. The molecule has 0 saturated heterocycles. The lowest BCUT2D eigenvalue weighted by atomic mass is 9.78. The molecule has 0 heterocycles. The van der Waals surface area contributed by atoms with Crippen LogP contribution < -0.4 is 4.72 Å². The number of aliphatic carboxylic acids is 1. The van der Waals surface area contributed by atoms with Gasteiger partial charge in [-0.1, -0.05) is 6.07 Å². The number of rotatable bonds is 5. The highest BCUT2D eigenvalue weighted by Crippen LogP contribution is 2.34. The first-order valence-electron chi connectivity index (χ1n) is 6.20. The van der Waals surface area contributed by atoms with Crippen LogP contribution in [0.15, 0.2) is 23.1 Å². The summed E-state index contributed by atoms with van der Waals surface area (Å²) in [5.41, 5.74) is -1.55. The van der Waals surface area contributed by atoms with E-state index in [4.69, 9.17) is 0 Å². The van der Waals surface area contributed by atoms with Crippen molar-refractivity contribution in [3.63, 3.8) is 0 Å². The molecule has 8 nitrogen and oxygen atoms in total. The van der Waals surface area contributed by atoms with Gasteiger partial charge in [0.15, 0.2) is 0 Å². The van der Waals surface area contributed by atoms with Crippen LogP contribution in [-0.4, -0.2) is 30.0 Å².